The third kappa shape index (κ3) is 1.67. The summed E-state index contributed by atoms with van der Waals surface area (Å²) in [6, 6.07) is 5.28. The fourth-order valence-electron chi connectivity index (χ4n) is 1.50. The van der Waals surface area contributed by atoms with Gasteiger partial charge in [0, 0.05) is 18.5 Å². The number of methoxy groups -OCH3 is 2. The van der Waals surface area contributed by atoms with Gasteiger partial charge in [0.1, 0.15) is 11.5 Å². The molecule has 16 heavy (non-hydrogen) atoms. The quantitative estimate of drug-likeness (QED) is 0.845. The van der Waals surface area contributed by atoms with Crippen LogP contribution in [0.2, 0.25) is 0 Å². The maximum atomic E-state index is 11.5. The Morgan fingerprint density at radius 2 is 2.06 bits per heavy atom. The van der Waals surface area contributed by atoms with Crippen molar-refractivity contribution in [2.24, 2.45) is 0 Å². The fraction of sp³-hybridized carbons (Fsp3) is 0.182. The van der Waals surface area contributed by atoms with Gasteiger partial charge in [-0.3, -0.25) is 4.57 Å². The van der Waals surface area contributed by atoms with Crippen LogP contribution in [0, 0.1) is 0 Å². The Bertz CT molecular complexity index is 542. The van der Waals surface area contributed by atoms with E-state index in [4.69, 9.17) is 9.47 Å². The van der Waals surface area contributed by atoms with Crippen molar-refractivity contribution < 1.29 is 9.47 Å². The van der Waals surface area contributed by atoms with Crippen molar-refractivity contribution in [3.8, 4) is 17.2 Å². The molecule has 1 heterocycles. The molecule has 0 spiro atoms. The van der Waals surface area contributed by atoms with Gasteiger partial charge in [-0.25, -0.2) is 4.79 Å². The summed E-state index contributed by atoms with van der Waals surface area (Å²) >= 11 is 0. The number of rotatable bonds is 3. The number of benzene rings is 1. The van der Waals surface area contributed by atoms with E-state index in [0.717, 1.165) is 0 Å². The molecule has 0 bridgehead atoms. The van der Waals surface area contributed by atoms with E-state index in [1.54, 1.807) is 44.8 Å². The smallest absolute Gasteiger partial charge is 0.330 e. The van der Waals surface area contributed by atoms with E-state index in [-0.39, 0.29) is 5.69 Å². The molecule has 0 aliphatic heterocycles. The first-order valence-electron chi connectivity index (χ1n) is 4.74. The molecule has 0 atom stereocenters. The van der Waals surface area contributed by atoms with Gasteiger partial charge in [0.25, 0.3) is 0 Å². The minimum Gasteiger partial charge on any atom is -0.497 e. The van der Waals surface area contributed by atoms with Crippen molar-refractivity contribution in [3.63, 3.8) is 0 Å². The lowest BCUT2D eigenvalue weighted by molar-refractivity contribution is 0.401. The molecule has 0 saturated carbocycles. The molecule has 0 aliphatic carbocycles. The summed E-state index contributed by atoms with van der Waals surface area (Å²) < 4.78 is 11.8. The molecule has 5 nitrogen and oxygen atoms in total. The maximum Gasteiger partial charge on any atom is 0.330 e. The number of aromatic amines is 1. The molecule has 0 fully saturated rings. The molecule has 1 aromatic carbocycles. The number of hydrogen-bond donors (Lipinski definition) is 1. The van der Waals surface area contributed by atoms with Gasteiger partial charge in [-0.05, 0) is 12.1 Å². The van der Waals surface area contributed by atoms with Crippen molar-refractivity contribution in [1.82, 2.24) is 9.55 Å². The van der Waals surface area contributed by atoms with Crippen molar-refractivity contribution in [2.75, 3.05) is 14.2 Å². The zero-order valence-electron chi connectivity index (χ0n) is 9.06. The van der Waals surface area contributed by atoms with Crippen LogP contribution in [0.1, 0.15) is 0 Å². The van der Waals surface area contributed by atoms with Gasteiger partial charge < -0.3 is 14.5 Å². The van der Waals surface area contributed by atoms with E-state index >= 15 is 0 Å². The molecule has 0 saturated heterocycles. The number of imidazole rings is 1. The van der Waals surface area contributed by atoms with Crippen LogP contribution >= 0.6 is 0 Å². The maximum absolute atomic E-state index is 11.5. The van der Waals surface area contributed by atoms with Crippen LogP contribution in [-0.4, -0.2) is 23.8 Å². The molecule has 0 amide bonds. The highest BCUT2D eigenvalue weighted by Gasteiger charge is 2.08. The average molecular weight is 220 g/mol. The summed E-state index contributed by atoms with van der Waals surface area (Å²) in [5.74, 6) is 1.28. The first-order valence-corrected chi connectivity index (χ1v) is 4.74. The highest BCUT2D eigenvalue weighted by molar-refractivity contribution is 5.51. The van der Waals surface area contributed by atoms with Crippen LogP contribution in [-0.2, 0) is 0 Å². The van der Waals surface area contributed by atoms with Gasteiger partial charge in [0.15, 0.2) is 0 Å². The average Bonchev–Trinajstić information content (AvgIpc) is 2.74. The van der Waals surface area contributed by atoms with Gasteiger partial charge in [0.05, 0.1) is 19.9 Å². The van der Waals surface area contributed by atoms with Crippen LogP contribution in [0.15, 0.2) is 35.4 Å². The lowest BCUT2D eigenvalue weighted by Gasteiger charge is -2.09. The van der Waals surface area contributed by atoms with E-state index < -0.39 is 0 Å². The number of nitrogens with zero attached hydrogens (tertiary/aromatic N) is 1. The fourth-order valence-corrected chi connectivity index (χ4v) is 1.50. The Balaban J connectivity index is 2.62. The third-order valence-electron chi connectivity index (χ3n) is 2.29. The predicted molar refractivity (Wildman–Crippen MR) is 59.5 cm³/mol. The lowest BCUT2D eigenvalue weighted by atomic mass is 10.2. The number of ether oxygens (including phenoxy) is 2. The topological polar surface area (TPSA) is 56.2 Å². The Labute approximate surface area is 92.2 Å². The van der Waals surface area contributed by atoms with Gasteiger partial charge in [0.2, 0.25) is 0 Å². The van der Waals surface area contributed by atoms with Gasteiger partial charge in [-0.15, -0.1) is 0 Å². The molecular weight excluding hydrogens is 208 g/mol. The van der Waals surface area contributed by atoms with E-state index in [1.165, 1.54) is 4.57 Å². The second-order valence-corrected chi connectivity index (χ2v) is 3.17. The number of nitrogens with one attached hydrogen (secondary N) is 1. The molecule has 0 aliphatic rings. The van der Waals surface area contributed by atoms with Gasteiger partial charge >= 0.3 is 5.69 Å². The van der Waals surface area contributed by atoms with E-state index in [2.05, 4.69) is 4.98 Å². The highest BCUT2D eigenvalue weighted by atomic mass is 16.5. The third-order valence-corrected chi connectivity index (χ3v) is 2.29. The summed E-state index contributed by atoms with van der Waals surface area (Å²) in [5, 5.41) is 0. The molecule has 2 rings (SSSR count). The predicted octanol–water partition coefficient (Wildman–Crippen LogP) is 1.18. The highest BCUT2D eigenvalue weighted by Crippen LogP contribution is 2.26. The van der Waals surface area contributed by atoms with Crippen molar-refractivity contribution in [1.29, 1.82) is 0 Å². The Morgan fingerprint density at radius 3 is 2.62 bits per heavy atom. The minimum atomic E-state index is -0.216. The van der Waals surface area contributed by atoms with E-state index in [0.29, 0.717) is 17.2 Å². The van der Waals surface area contributed by atoms with E-state index in [9.17, 15) is 4.79 Å². The summed E-state index contributed by atoms with van der Waals surface area (Å²) in [5.41, 5.74) is 0.430. The normalized spacial score (nSPS) is 10.1. The Morgan fingerprint density at radius 1 is 1.25 bits per heavy atom. The molecule has 1 N–H and O–H groups in total. The van der Waals surface area contributed by atoms with Crippen LogP contribution in [0.3, 0.4) is 0 Å². The first-order chi connectivity index (χ1) is 7.76. The number of hydrogen-bond acceptors (Lipinski definition) is 3. The van der Waals surface area contributed by atoms with Crippen LogP contribution in [0.4, 0.5) is 0 Å². The van der Waals surface area contributed by atoms with Gasteiger partial charge in [-0.2, -0.15) is 0 Å². The van der Waals surface area contributed by atoms with Crippen LogP contribution in [0.25, 0.3) is 5.69 Å². The molecule has 1 aromatic heterocycles. The Kier molecular flexibility index (Phi) is 2.68. The molecule has 84 valence electrons. The van der Waals surface area contributed by atoms with Gasteiger partial charge in [-0.1, -0.05) is 0 Å². The second kappa shape index (κ2) is 4.14. The molecule has 0 unspecified atom stereocenters. The Hall–Kier alpha value is -2.17. The molecule has 0 radical (unpaired) electrons. The monoisotopic (exact) mass is 220 g/mol. The van der Waals surface area contributed by atoms with Crippen molar-refractivity contribution >= 4 is 0 Å². The molecular formula is C11H12N2O3. The standard InChI is InChI=1S/C11H12N2O3/c1-15-8-3-4-10(16-2)9(7-8)13-6-5-12-11(13)14/h3-7H,1-2H3,(H,12,14). The zero-order valence-corrected chi connectivity index (χ0v) is 9.06. The SMILES string of the molecule is COc1ccc(OC)c(-n2cc[nH]c2=O)c1. The molecule has 5 heteroatoms. The zero-order chi connectivity index (χ0) is 11.5. The summed E-state index contributed by atoms with van der Waals surface area (Å²) in [6.45, 7) is 0. The van der Waals surface area contributed by atoms with Crippen molar-refractivity contribution in [3.05, 3.63) is 41.1 Å². The van der Waals surface area contributed by atoms with Crippen LogP contribution in [0.5, 0.6) is 11.5 Å². The number of H-pyrrole nitrogens is 1. The van der Waals surface area contributed by atoms with Crippen LogP contribution < -0.4 is 15.2 Å². The number of aromatic nitrogens is 2. The summed E-state index contributed by atoms with van der Waals surface area (Å²) in [4.78, 5) is 14.1. The summed E-state index contributed by atoms with van der Waals surface area (Å²) in [6.07, 6.45) is 3.21. The second-order valence-electron chi connectivity index (χ2n) is 3.17. The summed E-state index contributed by atoms with van der Waals surface area (Å²) in [7, 11) is 3.13. The van der Waals surface area contributed by atoms with Crippen molar-refractivity contribution in [2.45, 2.75) is 0 Å². The van der Waals surface area contributed by atoms with E-state index in [1.807, 2.05) is 0 Å². The lowest BCUT2D eigenvalue weighted by Crippen LogP contribution is -2.14. The first kappa shape index (κ1) is 10.4. The molecule has 2 aromatic rings. The minimum absolute atomic E-state index is 0.216. The largest absolute Gasteiger partial charge is 0.497 e.